The maximum Gasteiger partial charge on any atom is 0.322 e. The minimum Gasteiger partial charge on any atom is -0.497 e. The van der Waals surface area contributed by atoms with E-state index in [1.807, 2.05) is 43.3 Å². The molecular formula is C26H30N4O6. The van der Waals surface area contributed by atoms with Gasteiger partial charge in [0.05, 0.1) is 32.9 Å². The first-order valence-electron chi connectivity index (χ1n) is 11.5. The number of urea groups is 1. The lowest BCUT2D eigenvalue weighted by Gasteiger charge is -2.35. The van der Waals surface area contributed by atoms with Crippen LogP contribution in [-0.2, 0) is 4.74 Å². The Bertz CT molecular complexity index is 1240. The summed E-state index contributed by atoms with van der Waals surface area (Å²) in [6.07, 6.45) is 0.677. The second kappa shape index (κ2) is 11.1. The molecule has 0 saturated carbocycles. The lowest BCUT2D eigenvalue weighted by atomic mass is 9.94. The van der Waals surface area contributed by atoms with Gasteiger partial charge in [0, 0.05) is 31.5 Å². The summed E-state index contributed by atoms with van der Waals surface area (Å²) in [5, 5.41) is 7.29. The fraction of sp³-hybridized carbons (Fsp3) is 0.346. The highest BCUT2D eigenvalue weighted by Crippen LogP contribution is 2.40. The molecule has 2 amide bonds. The van der Waals surface area contributed by atoms with Gasteiger partial charge in [-0.05, 0) is 55.3 Å². The number of aromatic nitrogens is 2. The first-order valence-corrected chi connectivity index (χ1v) is 11.5. The molecule has 10 nitrogen and oxygen atoms in total. The van der Waals surface area contributed by atoms with Crippen LogP contribution in [-0.4, -0.2) is 62.7 Å². The molecule has 0 spiro atoms. The molecule has 36 heavy (non-hydrogen) atoms. The molecule has 2 aromatic carbocycles. The molecule has 4 rings (SSSR count). The Balaban J connectivity index is 1.78. The van der Waals surface area contributed by atoms with E-state index < -0.39 is 6.04 Å². The van der Waals surface area contributed by atoms with Crippen LogP contribution in [0.5, 0.6) is 17.2 Å². The highest BCUT2D eigenvalue weighted by Gasteiger charge is 2.36. The highest BCUT2D eigenvalue weighted by molar-refractivity contribution is 5.87. The summed E-state index contributed by atoms with van der Waals surface area (Å²) in [6.45, 7) is 2.90. The van der Waals surface area contributed by atoms with Crippen LogP contribution >= 0.6 is 0 Å². The molecule has 1 unspecified atom stereocenters. The summed E-state index contributed by atoms with van der Waals surface area (Å²) in [4.78, 5) is 19.5. The third-order valence-electron chi connectivity index (χ3n) is 6.07. The van der Waals surface area contributed by atoms with Crippen molar-refractivity contribution in [3.8, 4) is 28.6 Å². The van der Waals surface area contributed by atoms with Crippen molar-refractivity contribution >= 4 is 11.6 Å². The number of carbonyl (C=O) groups is 1. The molecule has 1 aliphatic rings. The lowest BCUT2D eigenvalue weighted by molar-refractivity contribution is 0.174. The molecule has 0 fully saturated rings. The Morgan fingerprint density at radius 2 is 1.75 bits per heavy atom. The molecule has 0 radical (unpaired) electrons. The maximum atomic E-state index is 13.1. The summed E-state index contributed by atoms with van der Waals surface area (Å²) in [5.74, 6) is 2.62. The Morgan fingerprint density at radius 1 is 1.00 bits per heavy atom. The van der Waals surface area contributed by atoms with Crippen LogP contribution in [0.4, 0.5) is 4.79 Å². The number of carbonyl (C=O) groups excluding carboxylic acids is 1. The van der Waals surface area contributed by atoms with Crippen molar-refractivity contribution in [2.24, 2.45) is 0 Å². The minimum absolute atomic E-state index is 0.220. The number of amides is 2. The molecule has 1 atom stereocenters. The van der Waals surface area contributed by atoms with Gasteiger partial charge in [-0.3, -0.25) is 4.90 Å². The predicted octanol–water partition coefficient (Wildman–Crippen LogP) is 4.30. The molecule has 1 N–H and O–H groups in total. The van der Waals surface area contributed by atoms with E-state index in [1.54, 1.807) is 39.4 Å². The van der Waals surface area contributed by atoms with Crippen molar-refractivity contribution in [2.45, 2.75) is 19.4 Å². The number of benzene rings is 2. The topological polar surface area (TPSA) is 108 Å². The van der Waals surface area contributed by atoms with Gasteiger partial charge in [-0.15, -0.1) is 0 Å². The van der Waals surface area contributed by atoms with E-state index in [0.717, 1.165) is 22.6 Å². The fourth-order valence-corrected chi connectivity index (χ4v) is 4.17. The molecule has 1 aromatic heterocycles. The van der Waals surface area contributed by atoms with Gasteiger partial charge in [0.2, 0.25) is 5.82 Å². The summed E-state index contributed by atoms with van der Waals surface area (Å²) < 4.78 is 27.0. The van der Waals surface area contributed by atoms with Crippen molar-refractivity contribution in [3.63, 3.8) is 0 Å². The molecule has 3 aromatic rings. The van der Waals surface area contributed by atoms with Gasteiger partial charge in [0.25, 0.3) is 5.89 Å². The van der Waals surface area contributed by atoms with Crippen molar-refractivity contribution in [1.82, 2.24) is 20.4 Å². The first kappa shape index (κ1) is 25.1. The molecule has 1 aliphatic heterocycles. The third-order valence-corrected chi connectivity index (χ3v) is 6.07. The fourth-order valence-electron chi connectivity index (χ4n) is 4.17. The minimum atomic E-state index is -0.542. The van der Waals surface area contributed by atoms with Crippen LogP contribution < -0.4 is 19.5 Å². The van der Waals surface area contributed by atoms with Crippen molar-refractivity contribution in [2.75, 3.05) is 41.6 Å². The summed E-state index contributed by atoms with van der Waals surface area (Å²) in [7, 11) is 6.39. The van der Waals surface area contributed by atoms with E-state index in [1.165, 1.54) is 0 Å². The molecule has 190 valence electrons. The maximum absolute atomic E-state index is 13.1. The van der Waals surface area contributed by atoms with Gasteiger partial charge in [0.1, 0.15) is 5.75 Å². The Hall–Kier alpha value is -4.05. The summed E-state index contributed by atoms with van der Waals surface area (Å²) in [6, 6.07) is 12.1. The summed E-state index contributed by atoms with van der Waals surface area (Å²) in [5.41, 5.74) is 2.99. The van der Waals surface area contributed by atoms with Gasteiger partial charge in [-0.25, -0.2) is 4.79 Å². The third kappa shape index (κ3) is 4.99. The quantitative estimate of drug-likeness (QED) is 0.416. The number of nitrogens with zero attached hydrogens (tertiary/aromatic N) is 3. The van der Waals surface area contributed by atoms with E-state index in [-0.39, 0.29) is 6.03 Å². The van der Waals surface area contributed by atoms with Crippen molar-refractivity contribution in [1.29, 1.82) is 0 Å². The van der Waals surface area contributed by atoms with E-state index in [2.05, 4.69) is 15.5 Å². The molecule has 0 saturated heterocycles. The lowest BCUT2D eigenvalue weighted by Crippen LogP contribution is -2.46. The number of nitrogens with one attached hydrogen (secondary N) is 1. The molecule has 2 heterocycles. The van der Waals surface area contributed by atoms with E-state index >= 15 is 0 Å². The van der Waals surface area contributed by atoms with Crippen molar-refractivity contribution < 1.29 is 28.3 Å². The second-order valence-electron chi connectivity index (χ2n) is 8.15. The van der Waals surface area contributed by atoms with Gasteiger partial charge in [-0.2, -0.15) is 4.98 Å². The zero-order chi connectivity index (χ0) is 25.7. The van der Waals surface area contributed by atoms with E-state index in [4.69, 9.17) is 23.5 Å². The zero-order valence-corrected chi connectivity index (χ0v) is 21.0. The zero-order valence-electron chi connectivity index (χ0n) is 21.0. The van der Waals surface area contributed by atoms with E-state index in [0.29, 0.717) is 48.4 Å². The average Bonchev–Trinajstić information content (AvgIpc) is 3.39. The van der Waals surface area contributed by atoms with Crippen LogP contribution in [0, 0.1) is 0 Å². The molecular weight excluding hydrogens is 464 g/mol. The van der Waals surface area contributed by atoms with Crippen LogP contribution in [0.1, 0.15) is 30.8 Å². The number of ether oxygens (including phenoxy) is 4. The summed E-state index contributed by atoms with van der Waals surface area (Å²) >= 11 is 0. The monoisotopic (exact) mass is 494 g/mol. The number of hydrogen-bond donors (Lipinski definition) is 1. The SMILES string of the molecule is COCCCN1C(=O)NC(c2ccc(OC)c(OC)c2)C(c2nc(-c3ccc(OC)cc3)no2)=C1C. The Morgan fingerprint density at radius 3 is 2.42 bits per heavy atom. The van der Waals surface area contributed by atoms with Gasteiger partial charge in [-0.1, -0.05) is 11.2 Å². The Labute approximate surface area is 209 Å². The van der Waals surface area contributed by atoms with Crippen LogP contribution in [0.2, 0.25) is 0 Å². The average molecular weight is 495 g/mol. The van der Waals surface area contributed by atoms with Gasteiger partial charge < -0.3 is 28.8 Å². The van der Waals surface area contributed by atoms with E-state index in [9.17, 15) is 4.79 Å². The molecule has 10 heteroatoms. The highest BCUT2D eigenvalue weighted by atomic mass is 16.5. The van der Waals surface area contributed by atoms with Gasteiger partial charge in [0.15, 0.2) is 11.5 Å². The number of allylic oxidation sites excluding steroid dienone is 1. The van der Waals surface area contributed by atoms with Crippen LogP contribution in [0.15, 0.2) is 52.7 Å². The van der Waals surface area contributed by atoms with Crippen molar-refractivity contribution in [3.05, 3.63) is 59.6 Å². The van der Waals surface area contributed by atoms with Crippen LogP contribution in [0.25, 0.3) is 17.0 Å². The number of rotatable bonds is 10. The Kier molecular flexibility index (Phi) is 7.74. The van der Waals surface area contributed by atoms with Crippen LogP contribution in [0.3, 0.4) is 0 Å². The normalized spacial score (nSPS) is 15.6. The first-order chi connectivity index (χ1) is 17.5. The molecule has 0 aliphatic carbocycles. The smallest absolute Gasteiger partial charge is 0.322 e. The number of methoxy groups -OCH3 is 4. The predicted molar refractivity (Wildman–Crippen MR) is 133 cm³/mol. The number of hydrogen-bond acceptors (Lipinski definition) is 8. The standard InChI is InChI=1S/C26H30N4O6/c1-16-22(25-28-24(29-36-25)17-7-10-19(33-3)11-8-17)23(27-26(31)30(16)13-6-14-32-2)18-9-12-20(34-4)21(15-18)35-5/h7-12,15,23H,6,13-14H2,1-5H3,(H,27,31). The van der Waals surface area contributed by atoms with Gasteiger partial charge >= 0.3 is 6.03 Å². The second-order valence-corrected chi connectivity index (χ2v) is 8.15. The molecule has 0 bridgehead atoms. The largest absolute Gasteiger partial charge is 0.497 e.